The molecule has 0 radical (unpaired) electrons. The Bertz CT molecular complexity index is 1550. The summed E-state index contributed by atoms with van der Waals surface area (Å²) in [6.07, 6.45) is 8.00. The van der Waals surface area contributed by atoms with Crippen LogP contribution in [0.15, 0.2) is 61.3 Å². The number of aromatic nitrogens is 3. The summed E-state index contributed by atoms with van der Waals surface area (Å²) in [7, 11) is 0. The molecule has 200 valence electrons. The SMILES string of the molecule is CC(=O)c1cn(CC(=O)N(CC(=O)NCc2cccc(Cl)c2F)C2CC2)c2cc(Nc3cncnc3)ccc12. The quantitative estimate of drug-likeness (QED) is 0.283. The van der Waals surface area contributed by atoms with Gasteiger partial charge < -0.3 is 20.1 Å². The van der Waals surface area contributed by atoms with E-state index in [4.69, 9.17) is 11.6 Å². The second kappa shape index (κ2) is 11.2. The van der Waals surface area contributed by atoms with Crippen molar-refractivity contribution < 1.29 is 18.8 Å². The molecule has 0 spiro atoms. The van der Waals surface area contributed by atoms with E-state index >= 15 is 0 Å². The largest absolute Gasteiger partial charge is 0.353 e. The van der Waals surface area contributed by atoms with Gasteiger partial charge in [-0.1, -0.05) is 29.8 Å². The van der Waals surface area contributed by atoms with Gasteiger partial charge in [-0.05, 0) is 38.0 Å². The molecule has 0 aliphatic heterocycles. The topological polar surface area (TPSA) is 109 Å². The number of anilines is 2. The third-order valence-electron chi connectivity index (χ3n) is 6.55. The van der Waals surface area contributed by atoms with Crippen LogP contribution in [0, 0.1) is 5.82 Å². The molecule has 0 saturated heterocycles. The van der Waals surface area contributed by atoms with Crippen molar-refractivity contribution in [2.24, 2.45) is 0 Å². The van der Waals surface area contributed by atoms with Crippen molar-refractivity contribution in [2.75, 3.05) is 11.9 Å². The highest BCUT2D eigenvalue weighted by molar-refractivity contribution is 6.30. The van der Waals surface area contributed by atoms with Gasteiger partial charge in [0.1, 0.15) is 18.7 Å². The van der Waals surface area contributed by atoms with E-state index in [1.165, 1.54) is 19.3 Å². The van der Waals surface area contributed by atoms with Crippen LogP contribution in [0.4, 0.5) is 15.8 Å². The Morgan fingerprint density at radius 1 is 1.13 bits per heavy atom. The first-order valence-corrected chi connectivity index (χ1v) is 12.8. The van der Waals surface area contributed by atoms with Gasteiger partial charge >= 0.3 is 0 Å². The molecule has 9 nitrogen and oxygen atoms in total. The number of Topliss-reactive ketones (excluding diaryl/α,β-unsaturated/α-hetero) is 1. The fourth-order valence-electron chi connectivity index (χ4n) is 4.44. The van der Waals surface area contributed by atoms with Crippen LogP contribution in [-0.4, -0.2) is 49.6 Å². The number of hydrogen-bond acceptors (Lipinski definition) is 6. The van der Waals surface area contributed by atoms with E-state index in [0.717, 1.165) is 23.9 Å². The number of rotatable bonds is 10. The molecule has 2 aromatic carbocycles. The van der Waals surface area contributed by atoms with E-state index in [2.05, 4.69) is 20.6 Å². The highest BCUT2D eigenvalue weighted by Gasteiger charge is 2.34. The molecule has 1 aliphatic rings. The molecule has 2 aromatic heterocycles. The molecular formula is C28H26ClFN6O3. The normalized spacial score (nSPS) is 12.8. The number of nitrogens with zero attached hydrogens (tertiary/aromatic N) is 4. The summed E-state index contributed by atoms with van der Waals surface area (Å²) in [6.45, 7) is 1.25. The van der Waals surface area contributed by atoms with Crippen LogP contribution >= 0.6 is 11.6 Å². The summed E-state index contributed by atoms with van der Waals surface area (Å²) in [5.41, 5.74) is 2.91. The van der Waals surface area contributed by atoms with Crippen molar-refractivity contribution in [1.82, 2.24) is 24.8 Å². The number of nitrogens with one attached hydrogen (secondary N) is 2. The van der Waals surface area contributed by atoms with Gasteiger partial charge in [0.15, 0.2) is 5.78 Å². The van der Waals surface area contributed by atoms with Gasteiger partial charge in [-0.3, -0.25) is 14.4 Å². The average molecular weight is 549 g/mol. The lowest BCUT2D eigenvalue weighted by Crippen LogP contribution is -2.43. The van der Waals surface area contributed by atoms with E-state index < -0.39 is 11.7 Å². The predicted octanol–water partition coefficient (Wildman–Crippen LogP) is 4.48. The number of carbonyl (C=O) groups is 3. The van der Waals surface area contributed by atoms with Crippen LogP contribution in [-0.2, 0) is 22.7 Å². The predicted molar refractivity (Wildman–Crippen MR) is 145 cm³/mol. The molecule has 39 heavy (non-hydrogen) atoms. The van der Waals surface area contributed by atoms with Crippen molar-refractivity contribution in [3.63, 3.8) is 0 Å². The summed E-state index contributed by atoms with van der Waals surface area (Å²) < 4.78 is 15.9. The molecule has 1 saturated carbocycles. The zero-order valence-corrected chi connectivity index (χ0v) is 21.9. The zero-order valence-electron chi connectivity index (χ0n) is 21.2. The molecular weight excluding hydrogens is 523 g/mol. The summed E-state index contributed by atoms with van der Waals surface area (Å²) in [5.74, 6) is -1.34. The molecule has 1 aliphatic carbocycles. The van der Waals surface area contributed by atoms with E-state index in [-0.39, 0.29) is 48.0 Å². The first-order valence-electron chi connectivity index (χ1n) is 12.4. The number of ketones is 1. The van der Waals surface area contributed by atoms with Gasteiger partial charge in [0, 0.05) is 41.0 Å². The molecule has 2 N–H and O–H groups in total. The fourth-order valence-corrected chi connectivity index (χ4v) is 4.64. The molecule has 2 heterocycles. The van der Waals surface area contributed by atoms with Crippen molar-refractivity contribution >= 4 is 51.5 Å². The van der Waals surface area contributed by atoms with Gasteiger partial charge in [-0.15, -0.1) is 0 Å². The smallest absolute Gasteiger partial charge is 0.243 e. The highest BCUT2D eigenvalue weighted by atomic mass is 35.5. The highest BCUT2D eigenvalue weighted by Crippen LogP contribution is 2.29. The lowest BCUT2D eigenvalue weighted by Gasteiger charge is -2.22. The number of carbonyl (C=O) groups excluding carboxylic acids is 3. The third kappa shape index (κ3) is 6.06. The number of benzene rings is 2. The number of halogens is 2. The molecule has 4 aromatic rings. The maximum Gasteiger partial charge on any atom is 0.243 e. The van der Waals surface area contributed by atoms with Gasteiger partial charge in [0.25, 0.3) is 0 Å². The second-order valence-electron chi connectivity index (χ2n) is 9.45. The van der Waals surface area contributed by atoms with E-state index in [1.54, 1.807) is 40.2 Å². The molecule has 2 amide bonds. The van der Waals surface area contributed by atoms with Gasteiger partial charge in [0.05, 0.1) is 35.2 Å². The van der Waals surface area contributed by atoms with Crippen molar-refractivity contribution in [2.45, 2.75) is 38.9 Å². The lowest BCUT2D eigenvalue weighted by molar-refractivity contribution is -0.137. The van der Waals surface area contributed by atoms with Crippen LogP contribution in [0.3, 0.4) is 0 Å². The molecule has 1 fully saturated rings. The van der Waals surface area contributed by atoms with Crippen molar-refractivity contribution in [1.29, 1.82) is 0 Å². The second-order valence-corrected chi connectivity index (χ2v) is 9.86. The molecule has 0 unspecified atom stereocenters. The molecule has 5 rings (SSSR count). The van der Waals surface area contributed by atoms with Gasteiger partial charge in [-0.25, -0.2) is 14.4 Å². The maximum atomic E-state index is 14.2. The van der Waals surface area contributed by atoms with E-state index in [0.29, 0.717) is 16.8 Å². The van der Waals surface area contributed by atoms with Crippen LogP contribution in [0.5, 0.6) is 0 Å². The summed E-state index contributed by atoms with van der Waals surface area (Å²) in [4.78, 5) is 48.0. The zero-order chi connectivity index (χ0) is 27.5. The summed E-state index contributed by atoms with van der Waals surface area (Å²) >= 11 is 5.82. The Morgan fingerprint density at radius 3 is 2.62 bits per heavy atom. The number of hydrogen-bond donors (Lipinski definition) is 2. The van der Waals surface area contributed by atoms with Crippen LogP contribution in [0.25, 0.3) is 10.9 Å². The van der Waals surface area contributed by atoms with Gasteiger partial charge in [0.2, 0.25) is 11.8 Å². The average Bonchev–Trinajstić information content (AvgIpc) is 3.70. The summed E-state index contributed by atoms with van der Waals surface area (Å²) in [5, 5.41) is 6.61. The molecule has 11 heteroatoms. The Kier molecular flexibility index (Phi) is 7.56. The monoisotopic (exact) mass is 548 g/mol. The first kappa shape index (κ1) is 26.3. The number of amides is 2. The van der Waals surface area contributed by atoms with Crippen LogP contribution < -0.4 is 10.6 Å². The van der Waals surface area contributed by atoms with Crippen molar-refractivity contribution in [3.05, 3.63) is 83.3 Å². The summed E-state index contributed by atoms with van der Waals surface area (Å²) in [6, 6.07) is 10.1. The minimum Gasteiger partial charge on any atom is -0.353 e. The minimum atomic E-state index is -0.580. The Morgan fingerprint density at radius 2 is 1.90 bits per heavy atom. The standard InChI is InChI=1S/C28H26ClFN6O3/c1-17(37)23-13-35(25-9-19(5-8-22(23)25)34-20-11-31-16-32-12-20)15-27(39)36(21-6-7-21)14-26(38)33-10-18-3-2-4-24(29)28(18)30/h2-5,8-9,11-13,16,21,34H,6-7,10,14-15H2,1H3,(H,33,38). The van der Waals surface area contributed by atoms with Crippen LogP contribution in [0.2, 0.25) is 5.02 Å². The number of fused-ring (bicyclic) bond motifs is 1. The minimum absolute atomic E-state index is 0.0177. The molecule has 0 bridgehead atoms. The maximum absolute atomic E-state index is 14.2. The van der Waals surface area contributed by atoms with E-state index in [9.17, 15) is 18.8 Å². The van der Waals surface area contributed by atoms with Gasteiger partial charge in [-0.2, -0.15) is 0 Å². The Hall–Kier alpha value is -4.31. The van der Waals surface area contributed by atoms with Crippen molar-refractivity contribution in [3.8, 4) is 0 Å². The Labute approximate surface area is 229 Å². The third-order valence-corrected chi connectivity index (χ3v) is 6.84. The molecule has 0 atom stereocenters. The van der Waals surface area contributed by atoms with E-state index in [1.807, 2.05) is 18.2 Å². The lowest BCUT2D eigenvalue weighted by atomic mass is 10.1. The van der Waals surface area contributed by atoms with Crippen LogP contribution in [0.1, 0.15) is 35.7 Å². The Balaban J connectivity index is 1.33. The first-order chi connectivity index (χ1) is 18.8. The fraction of sp³-hybridized carbons (Fsp3) is 0.250.